The average Bonchev–Trinajstić information content (AvgIpc) is 2.33. The Hall–Kier alpha value is -1.32. The second-order valence-electron chi connectivity index (χ2n) is 4.78. The van der Waals surface area contributed by atoms with Crippen LogP contribution in [0, 0.1) is 0 Å². The van der Waals surface area contributed by atoms with Crippen LogP contribution in [0.2, 0.25) is 0 Å². The molecule has 0 aliphatic heterocycles. The number of alkyl halides is 3. The third-order valence-electron chi connectivity index (χ3n) is 2.36. The first-order chi connectivity index (χ1) is 9.57. The highest BCUT2D eigenvalue weighted by molar-refractivity contribution is 7.90. The van der Waals surface area contributed by atoms with E-state index in [1.807, 2.05) is 13.8 Å². The molecule has 3 N–H and O–H groups in total. The zero-order valence-corrected chi connectivity index (χ0v) is 12.5. The fourth-order valence-corrected chi connectivity index (χ4v) is 2.30. The Labute approximate surface area is 122 Å². The first kappa shape index (κ1) is 17.7. The zero-order valence-electron chi connectivity index (χ0n) is 11.7. The molecule has 0 aliphatic carbocycles. The SMILES string of the molecule is CC(C)NCc1cccc(NS(=O)(=O)NCC(F)(F)F)c1. The lowest BCUT2D eigenvalue weighted by atomic mass is 10.2. The highest BCUT2D eigenvalue weighted by Gasteiger charge is 2.29. The van der Waals surface area contributed by atoms with Crippen molar-refractivity contribution in [3.05, 3.63) is 29.8 Å². The van der Waals surface area contributed by atoms with Gasteiger partial charge in [-0.15, -0.1) is 0 Å². The number of benzene rings is 1. The number of anilines is 1. The van der Waals surface area contributed by atoms with Gasteiger partial charge in [0.1, 0.15) is 6.54 Å². The Bertz CT molecular complexity index is 559. The molecule has 0 unspecified atom stereocenters. The molecule has 0 bridgehead atoms. The van der Waals surface area contributed by atoms with Gasteiger partial charge >= 0.3 is 6.18 Å². The van der Waals surface area contributed by atoms with Crippen LogP contribution in [-0.4, -0.2) is 27.2 Å². The maximum Gasteiger partial charge on any atom is 0.402 e. The molecule has 120 valence electrons. The van der Waals surface area contributed by atoms with Gasteiger partial charge in [0, 0.05) is 12.6 Å². The number of hydrogen-bond donors (Lipinski definition) is 3. The van der Waals surface area contributed by atoms with Gasteiger partial charge in [0.15, 0.2) is 0 Å². The van der Waals surface area contributed by atoms with Gasteiger partial charge < -0.3 is 5.32 Å². The molecule has 0 amide bonds. The van der Waals surface area contributed by atoms with Crippen molar-refractivity contribution in [2.24, 2.45) is 0 Å². The molecule has 0 radical (unpaired) electrons. The topological polar surface area (TPSA) is 70.2 Å². The van der Waals surface area contributed by atoms with Gasteiger partial charge in [-0.1, -0.05) is 26.0 Å². The van der Waals surface area contributed by atoms with Crippen molar-refractivity contribution in [2.45, 2.75) is 32.6 Å². The number of rotatable bonds is 7. The van der Waals surface area contributed by atoms with Crippen LogP contribution in [0.1, 0.15) is 19.4 Å². The molecule has 0 saturated carbocycles. The maximum atomic E-state index is 12.0. The van der Waals surface area contributed by atoms with Crippen LogP contribution < -0.4 is 14.8 Å². The van der Waals surface area contributed by atoms with E-state index < -0.39 is 22.9 Å². The molecule has 0 aromatic heterocycles. The van der Waals surface area contributed by atoms with Gasteiger partial charge in [0.25, 0.3) is 10.2 Å². The van der Waals surface area contributed by atoms with Crippen molar-refractivity contribution in [1.29, 1.82) is 0 Å². The van der Waals surface area contributed by atoms with E-state index in [0.29, 0.717) is 6.54 Å². The summed E-state index contributed by atoms with van der Waals surface area (Å²) in [4.78, 5) is 0. The Morgan fingerprint density at radius 1 is 1.24 bits per heavy atom. The average molecular weight is 325 g/mol. The zero-order chi connectivity index (χ0) is 16.1. The molecule has 5 nitrogen and oxygen atoms in total. The van der Waals surface area contributed by atoms with E-state index >= 15 is 0 Å². The highest BCUT2D eigenvalue weighted by atomic mass is 32.2. The van der Waals surface area contributed by atoms with Gasteiger partial charge in [-0.05, 0) is 17.7 Å². The van der Waals surface area contributed by atoms with Gasteiger partial charge in [0.2, 0.25) is 0 Å². The number of halogens is 3. The fraction of sp³-hybridized carbons (Fsp3) is 0.500. The summed E-state index contributed by atoms with van der Waals surface area (Å²) in [6.45, 7) is 2.85. The Morgan fingerprint density at radius 2 is 1.90 bits per heavy atom. The lowest BCUT2D eigenvalue weighted by Crippen LogP contribution is -2.37. The predicted octanol–water partition coefficient (Wildman–Crippen LogP) is 1.99. The van der Waals surface area contributed by atoms with Crippen molar-refractivity contribution in [3.63, 3.8) is 0 Å². The standard InChI is InChI=1S/C12H18F3N3O2S/c1-9(2)16-7-10-4-3-5-11(6-10)18-21(19,20)17-8-12(13,14)15/h3-6,9,16-18H,7-8H2,1-2H3. The van der Waals surface area contributed by atoms with Crippen LogP contribution in [0.15, 0.2) is 24.3 Å². The summed E-state index contributed by atoms with van der Waals surface area (Å²) in [5.74, 6) is 0. The predicted molar refractivity (Wildman–Crippen MR) is 75.0 cm³/mol. The second kappa shape index (κ2) is 7.10. The molecule has 1 rings (SSSR count). The quantitative estimate of drug-likeness (QED) is 0.718. The molecule has 0 spiro atoms. The second-order valence-corrected chi connectivity index (χ2v) is 6.28. The first-order valence-electron chi connectivity index (χ1n) is 6.24. The summed E-state index contributed by atoms with van der Waals surface area (Å²) in [7, 11) is -4.26. The minimum atomic E-state index is -4.60. The highest BCUT2D eigenvalue weighted by Crippen LogP contribution is 2.15. The summed E-state index contributed by atoms with van der Waals surface area (Å²) in [6.07, 6.45) is -4.60. The molecule has 0 fully saturated rings. The number of hydrogen-bond acceptors (Lipinski definition) is 3. The Balaban J connectivity index is 2.67. The molecule has 21 heavy (non-hydrogen) atoms. The summed E-state index contributed by atoms with van der Waals surface area (Å²) < 4.78 is 62.5. The van der Waals surface area contributed by atoms with Crippen LogP contribution in [-0.2, 0) is 16.8 Å². The van der Waals surface area contributed by atoms with Gasteiger partial charge in [0.05, 0.1) is 5.69 Å². The van der Waals surface area contributed by atoms with Crippen molar-refractivity contribution in [3.8, 4) is 0 Å². The molecule has 9 heteroatoms. The lowest BCUT2D eigenvalue weighted by Gasteiger charge is -2.12. The monoisotopic (exact) mass is 325 g/mol. The Morgan fingerprint density at radius 3 is 2.48 bits per heavy atom. The fourth-order valence-electron chi connectivity index (χ4n) is 1.43. The van der Waals surface area contributed by atoms with E-state index in [1.165, 1.54) is 10.8 Å². The minimum Gasteiger partial charge on any atom is -0.310 e. The van der Waals surface area contributed by atoms with E-state index in [0.717, 1.165) is 5.56 Å². The molecule has 0 saturated heterocycles. The van der Waals surface area contributed by atoms with Crippen molar-refractivity contribution < 1.29 is 21.6 Å². The molecule has 1 aromatic rings. The normalized spacial score (nSPS) is 12.7. The smallest absolute Gasteiger partial charge is 0.310 e. The Kier molecular flexibility index (Phi) is 5.99. The molecule has 0 heterocycles. The van der Waals surface area contributed by atoms with Crippen molar-refractivity contribution in [2.75, 3.05) is 11.3 Å². The first-order valence-corrected chi connectivity index (χ1v) is 7.72. The largest absolute Gasteiger partial charge is 0.402 e. The van der Waals surface area contributed by atoms with E-state index in [9.17, 15) is 21.6 Å². The maximum absolute atomic E-state index is 12.0. The molecule has 0 atom stereocenters. The third kappa shape index (κ3) is 7.88. The van der Waals surface area contributed by atoms with Crippen molar-refractivity contribution >= 4 is 15.9 Å². The van der Waals surface area contributed by atoms with Gasteiger partial charge in [-0.3, -0.25) is 4.72 Å². The molecule has 1 aromatic carbocycles. The lowest BCUT2D eigenvalue weighted by molar-refractivity contribution is -0.121. The summed E-state index contributed by atoms with van der Waals surface area (Å²) in [5, 5.41) is 3.16. The minimum absolute atomic E-state index is 0.202. The number of nitrogens with one attached hydrogen (secondary N) is 3. The van der Waals surface area contributed by atoms with E-state index in [2.05, 4.69) is 10.0 Å². The van der Waals surface area contributed by atoms with Gasteiger partial charge in [-0.25, -0.2) is 0 Å². The summed E-state index contributed by atoms with van der Waals surface area (Å²) in [5.41, 5.74) is 1.02. The summed E-state index contributed by atoms with van der Waals surface area (Å²) >= 11 is 0. The van der Waals surface area contributed by atoms with E-state index in [-0.39, 0.29) is 11.7 Å². The van der Waals surface area contributed by atoms with E-state index in [4.69, 9.17) is 0 Å². The van der Waals surface area contributed by atoms with Crippen LogP contribution in [0.25, 0.3) is 0 Å². The molecular weight excluding hydrogens is 307 g/mol. The van der Waals surface area contributed by atoms with Gasteiger partial charge in [-0.2, -0.15) is 26.3 Å². The molecule has 0 aliphatic rings. The van der Waals surface area contributed by atoms with Crippen LogP contribution >= 0.6 is 0 Å². The van der Waals surface area contributed by atoms with Crippen molar-refractivity contribution in [1.82, 2.24) is 10.0 Å². The van der Waals surface area contributed by atoms with Crippen LogP contribution in [0.4, 0.5) is 18.9 Å². The van der Waals surface area contributed by atoms with E-state index in [1.54, 1.807) is 18.2 Å². The third-order valence-corrected chi connectivity index (χ3v) is 3.39. The molecular formula is C12H18F3N3O2S. The van der Waals surface area contributed by atoms with Crippen LogP contribution in [0.3, 0.4) is 0 Å². The summed E-state index contributed by atoms with van der Waals surface area (Å²) in [6, 6.07) is 6.70. The van der Waals surface area contributed by atoms with Crippen LogP contribution in [0.5, 0.6) is 0 Å².